The van der Waals surface area contributed by atoms with Crippen LogP contribution in [0.4, 0.5) is 5.69 Å². The Morgan fingerprint density at radius 3 is 2.72 bits per heavy atom. The van der Waals surface area contributed by atoms with E-state index in [2.05, 4.69) is 12.2 Å². The molecule has 1 aliphatic carbocycles. The lowest BCUT2D eigenvalue weighted by molar-refractivity contribution is 0.196. The molecular weight excluding hydrogens is 230 g/mol. The summed E-state index contributed by atoms with van der Waals surface area (Å²) in [5.41, 5.74) is 1.04. The molecule has 2 rings (SSSR count). The highest BCUT2D eigenvalue weighted by Crippen LogP contribution is 2.33. The maximum atomic E-state index is 8.80. The molecule has 0 aliphatic heterocycles. The van der Waals surface area contributed by atoms with Gasteiger partial charge in [0.15, 0.2) is 11.5 Å². The highest BCUT2D eigenvalue weighted by Gasteiger charge is 2.25. The summed E-state index contributed by atoms with van der Waals surface area (Å²) in [5.74, 6) is 2.19. The van der Waals surface area contributed by atoms with Crippen LogP contribution in [-0.2, 0) is 0 Å². The predicted molar refractivity (Wildman–Crippen MR) is 71.4 cm³/mol. The van der Waals surface area contributed by atoms with Gasteiger partial charge in [0, 0.05) is 17.8 Å². The fourth-order valence-corrected chi connectivity index (χ4v) is 2.29. The Morgan fingerprint density at radius 1 is 1.33 bits per heavy atom. The van der Waals surface area contributed by atoms with Crippen LogP contribution in [0.25, 0.3) is 0 Å². The Morgan fingerprint density at radius 2 is 2.11 bits per heavy atom. The van der Waals surface area contributed by atoms with E-state index in [0.29, 0.717) is 17.5 Å². The number of aliphatic hydroxyl groups excluding tert-OH is 1. The third-order valence-corrected chi connectivity index (χ3v) is 3.26. The lowest BCUT2D eigenvalue weighted by atomic mass is 9.82. The van der Waals surface area contributed by atoms with Crippen molar-refractivity contribution in [3.63, 3.8) is 0 Å². The topological polar surface area (TPSA) is 50.7 Å². The van der Waals surface area contributed by atoms with E-state index >= 15 is 0 Å². The molecule has 0 heterocycles. The van der Waals surface area contributed by atoms with E-state index in [4.69, 9.17) is 14.6 Å². The number of rotatable bonds is 6. The second kappa shape index (κ2) is 5.96. The predicted octanol–water partition coefficient (Wildman–Crippen LogP) is 2.28. The number of anilines is 1. The number of hydrogen-bond donors (Lipinski definition) is 2. The van der Waals surface area contributed by atoms with Gasteiger partial charge in [-0.05, 0) is 30.9 Å². The van der Waals surface area contributed by atoms with E-state index < -0.39 is 0 Å². The molecule has 0 bridgehead atoms. The van der Waals surface area contributed by atoms with Crippen LogP contribution in [0.3, 0.4) is 0 Å². The Hall–Kier alpha value is -1.42. The summed E-state index contributed by atoms with van der Waals surface area (Å²) in [7, 11) is 1.61. The molecule has 0 saturated heterocycles. The van der Waals surface area contributed by atoms with Crippen LogP contribution in [0.15, 0.2) is 18.2 Å². The van der Waals surface area contributed by atoms with Crippen LogP contribution in [0, 0.1) is 5.92 Å². The first kappa shape index (κ1) is 13.0. The van der Waals surface area contributed by atoms with Crippen LogP contribution in [-0.4, -0.2) is 31.5 Å². The number of methoxy groups -OCH3 is 1. The van der Waals surface area contributed by atoms with Crippen molar-refractivity contribution in [2.45, 2.75) is 25.8 Å². The lowest BCUT2D eigenvalue weighted by Gasteiger charge is -2.34. The van der Waals surface area contributed by atoms with E-state index in [1.165, 1.54) is 12.8 Å². The van der Waals surface area contributed by atoms with E-state index in [1.54, 1.807) is 7.11 Å². The molecule has 18 heavy (non-hydrogen) atoms. The molecule has 100 valence electrons. The maximum absolute atomic E-state index is 8.80. The van der Waals surface area contributed by atoms with Crippen LogP contribution in [0.5, 0.6) is 11.5 Å². The monoisotopic (exact) mass is 251 g/mol. The molecule has 0 amide bonds. The quantitative estimate of drug-likeness (QED) is 0.814. The van der Waals surface area contributed by atoms with Crippen molar-refractivity contribution >= 4 is 5.69 Å². The van der Waals surface area contributed by atoms with E-state index in [1.807, 2.05) is 18.2 Å². The van der Waals surface area contributed by atoms with Gasteiger partial charge in [0.25, 0.3) is 0 Å². The van der Waals surface area contributed by atoms with Gasteiger partial charge >= 0.3 is 0 Å². The summed E-state index contributed by atoms with van der Waals surface area (Å²) in [4.78, 5) is 0. The zero-order valence-electron chi connectivity index (χ0n) is 11.0. The van der Waals surface area contributed by atoms with E-state index in [9.17, 15) is 0 Å². The largest absolute Gasteiger partial charge is 0.493 e. The van der Waals surface area contributed by atoms with Gasteiger partial charge in [-0.3, -0.25) is 0 Å². The zero-order valence-corrected chi connectivity index (χ0v) is 11.0. The second-order valence-corrected chi connectivity index (χ2v) is 4.86. The summed E-state index contributed by atoms with van der Waals surface area (Å²) >= 11 is 0. The van der Waals surface area contributed by atoms with Gasteiger partial charge in [-0.1, -0.05) is 6.92 Å². The molecular formula is C14H21NO3. The molecule has 0 aromatic heterocycles. The van der Waals surface area contributed by atoms with Crippen LogP contribution >= 0.6 is 0 Å². The smallest absolute Gasteiger partial charge is 0.163 e. The number of benzene rings is 1. The third-order valence-electron chi connectivity index (χ3n) is 3.26. The first-order valence-corrected chi connectivity index (χ1v) is 6.41. The molecule has 4 heteroatoms. The average Bonchev–Trinajstić information content (AvgIpc) is 2.34. The molecule has 0 atom stereocenters. The van der Waals surface area contributed by atoms with Crippen molar-refractivity contribution in [3.05, 3.63) is 18.2 Å². The summed E-state index contributed by atoms with van der Waals surface area (Å²) < 4.78 is 10.7. The molecule has 4 nitrogen and oxygen atoms in total. The molecule has 0 spiro atoms. The highest BCUT2D eigenvalue weighted by atomic mass is 16.5. The lowest BCUT2D eigenvalue weighted by Crippen LogP contribution is -2.33. The van der Waals surface area contributed by atoms with Crippen molar-refractivity contribution < 1.29 is 14.6 Å². The van der Waals surface area contributed by atoms with Crippen molar-refractivity contribution in [3.8, 4) is 11.5 Å². The Kier molecular flexibility index (Phi) is 4.31. The molecule has 1 aromatic carbocycles. The SMILES string of the molecule is COc1ccc(NC2CC(C)C2)cc1OCCO. The van der Waals surface area contributed by atoms with Gasteiger partial charge in [0.05, 0.1) is 13.7 Å². The Bertz CT molecular complexity index is 389. The second-order valence-electron chi connectivity index (χ2n) is 4.86. The minimum atomic E-state index is 0.000943. The first-order chi connectivity index (χ1) is 8.72. The van der Waals surface area contributed by atoms with Crippen molar-refractivity contribution in [1.29, 1.82) is 0 Å². The Labute approximate surface area is 108 Å². The highest BCUT2D eigenvalue weighted by molar-refractivity contribution is 5.55. The fourth-order valence-electron chi connectivity index (χ4n) is 2.29. The van der Waals surface area contributed by atoms with Gasteiger partial charge in [-0.15, -0.1) is 0 Å². The number of ether oxygens (including phenoxy) is 2. The zero-order chi connectivity index (χ0) is 13.0. The normalized spacial score (nSPS) is 22.2. The number of hydrogen-bond acceptors (Lipinski definition) is 4. The van der Waals surface area contributed by atoms with Gasteiger partial charge in [-0.2, -0.15) is 0 Å². The molecule has 1 fully saturated rings. The van der Waals surface area contributed by atoms with Gasteiger partial charge < -0.3 is 19.9 Å². The third kappa shape index (κ3) is 3.07. The van der Waals surface area contributed by atoms with Crippen molar-refractivity contribution in [2.75, 3.05) is 25.6 Å². The van der Waals surface area contributed by atoms with E-state index in [-0.39, 0.29) is 13.2 Å². The van der Waals surface area contributed by atoms with Gasteiger partial charge in [0.2, 0.25) is 0 Å². The van der Waals surface area contributed by atoms with Gasteiger partial charge in [0.1, 0.15) is 6.61 Å². The molecule has 1 saturated carbocycles. The minimum absolute atomic E-state index is 0.000943. The minimum Gasteiger partial charge on any atom is -0.493 e. The summed E-state index contributed by atoms with van der Waals surface area (Å²) in [6, 6.07) is 6.38. The van der Waals surface area contributed by atoms with Crippen LogP contribution in [0.2, 0.25) is 0 Å². The molecule has 2 N–H and O–H groups in total. The molecule has 1 aliphatic rings. The molecule has 0 radical (unpaired) electrons. The maximum Gasteiger partial charge on any atom is 0.163 e. The fraction of sp³-hybridized carbons (Fsp3) is 0.571. The summed E-state index contributed by atoms with van der Waals surface area (Å²) in [6.07, 6.45) is 2.44. The number of aliphatic hydroxyl groups is 1. The van der Waals surface area contributed by atoms with Crippen LogP contribution < -0.4 is 14.8 Å². The summed E-state index contributed by atoms with van der Waals surface area (Å²) in [6.45, 7) is 2.54. The first-order valence-electron chi connectivity index (χ1n) is 6.41. The molecule has 0 unspecified atom stereocenters. The van der Waals surface area contributed by atoms with Crippen molar-refractivity contribution in [2.24, 2.45) is 5.92 Å². The molecule has 1 aromatic rings. The van der Waals surface area contributed by atoms with Crippen molar-refractivity contribution in [1.82, 2.24) is 0 Å². The standard InChI is InChI=1S/C14H21NO3/c1-10-7-12(8-10)15-11-3-4-13(17-2)14(9-11)18-6-5-16/h3-4,9-10,12,15-16H,5-8H2,1-2H3. The average molecular weight is 251 g/mol. The van der Waals surface area contributed by atoms with Crippen LogP contribution in [0.1, 0.15) is 19.8 Å². The summed E-state index contributed by atoms with van der Waals surface area (Å²) in [5, 5.41) is 12.3. The van der Waals surface area contributed by atoms with E-state index in [0.717, 1.165) is 11.6 Å². The van der Waals surface area contributed by atoms with Gasteiger partial charge in [-0.25, -0.2) is 0 Å². The Balaban J connectivity index is 2.02. The number of nitrogens with one attached hydrogen (secondary N) is 1.